The molecule has 3 aliphatic rings. The maximum Gasteiger partial charge on any atom is 0.0309 e. The van der Waals surface area contributed by atoms with Crippen LogP contribution in [0.25, 0.3) is 0 Å². The molecule has 0 aromatic carbocycles. The highest BCUT2D eigenvalue weighted by Gasteiger charge is 2.38. The third-order valence-corrected chi connectivity index (χ3v) is 5.93. The minimum Gasteiger partial charge on any atom is -0.309 e. The van der Waals surface area contributed by atoms with E-state index in [0.29, 0.717) is 11.0 Å². The Morgan fingerprint density at radius 3 is 2.21 bits per heavy atom. The molecule has 1 heterocycles. The molecule has 1 spiro atoms. The highest BCUT2D eigenvalue weighted by molar-refractivity contribution is 4.97. The summed E-state index contributed by atoms with van der Waals surface area (Å²) < 4.78 is 0. The Labute approximate surface area is 119 Å². The van der Waals surface area contributed by atoms with Crippen LogP contribution in [-0.4, -0.2) is 36.6 Å². The molecule has 1 aliphatic heterocycles. The molecule has 2 saturated carbocycles. The zero-order valence-electron chi connectivity index (χ0n) is 12.8. The lowest BCUT2D eigenvalue weighted by Crippen LogP contribution is -2.62. The van der Waals surface area contributed by atoms with Gasteiger partial charge in [0.15, 0.2) is 0 Å². The van der Waals surface area contributed by atoms with Crippen LogP contribution < -0.4 is 5.32 Å². The van der Waals surface area contributed by atoms with Gasteiger partial charge >= 0.3 is 0 Å². The van der Waals surface area contributed by atoms with Crippen LogP contribution in [0.2, 0.25) is 0 Å². The van der Waals surface area contributed by atoms with Crippen LogP contribution in [0, 0.1) is 5.41 Å². The molecule has 1 N–H and O–H groups in total. The number of nitrogens with one attached hydrogen (secondary N) is 1. The van der Waals surface area contributed by atoms with Gasteiger partial charge in [-0.05, 0) is 31.1 Å². The van der Waals surface area contributed by atoms with Crippen molar-refractivity contribution in [2.45, 2.75) is 76.7 Å². The zero-order valence-corrected chi connectivity index (χ0v) is 12.8. The van der Waals surface area contributed by atoms with Gasteiger partial charge < -0.3 is 5.32 Å². The first-order chi connectivity index (χ1) is 9.20. The van der Waals surface area contributed by atoms with Gasteiger partial charge in [0, 0.05) is 31.7 Å². The van der Waals surface area contributed by atoms with Crippen LogP contribution in [0.15, 0.2) is 0 Å². The minimum atomic E-state index is 0.488. The Kier molecular flexibility index (Phi) is 4.19. The summed E-state index contributed by atoms with van der Waals surface area (Å²) in [6, 6.07) is 0. The molecular formula is C17H32N2. The summed E-state index contributed by atoms with van der Waals surface area (Å²) in [5.41, 5.74) is 1.10. The Hall–Kier alpha value is -0.0800. The fourth-order valence-electron chi connectivity index (χ4n) is 4.84. The zero-order chi connectivity index (χ0) is 13.2. The van der Waals surface area contributed by atoms with Gasteiger partial charge in [-0.25, -0.2) is 0 Å². The molecule has 110 valence electrons. The van der Waals surface area contributed by atoms with Gasteiger partial charge in [0.05, 0.1) is 0 Å². The van der Waals surface area contributed by atoms with Gasteiger partial charge in [0.2, 0.25) is 0 Å². The molecule has 2 heteroatoms. The second-order valence-electron chi connectivity index (χ2n) is 7.85. The van der Waals surface area contributed by atoms with Crippen molar-refractivity contribution >= 4 is 0 Å². The molecule has 0 unspecified atom stereocenters. The first-order valence-corrected chi connectivity index (χ1v) is 8.67. The highest BCUT2D eigenvalue weighted by Crippen LogP contribution is 2.38. The van der Waals surface area contributed by atoms with Crippen molar-refractivity contribution in [2.24, 2.45) is 5.41 Å². The fourth-order valence-corrected chi connectivity index (χ4v) is 4.84. The molecule has 0 aromatic rings. The first kappa shape index (κ1) is 13.9. The van der Waals surface area contributed by atoms with E-state index in [2.05, 4.69) is 17.1 Å². The number of hydrogen-bond donors (Lipinski definition) is 1. The molecule has 2 aliphatic carbocycles. The van der Waals surface area contributed by atoms with Crippen LogP contribution in [0.4, 0.5) is 0 Å². The van der Waals surface area contributed by atoms with E-state index in [-0.39, 0.29) is 0 Å². The van der Waals surface area contributed by atoms with Crippen molar-refractivity contribution in [3.05, 3.63) is 0 Å². The minimum absolute atomic E-state index is 0.488. The van der Waals surface area contributed by atoms with Crippen molar-refractivity contribution < 1.29 is 0 Å². The van der Waals surface area contributed by atoms with E-state index in [0.717, 1.165) is 0 Å². The largest absolute Gasteiger partial charge is 0.309 e. The molecule has 0 bridgehead atoms. The van der Waals surface area contributed by atoms with E-state index in [9.17, 15) is 0 Å². The van der Waals surface area contributed by atoms with Gasteiger partial charge in [-0.1, -0.05) is 45.4 Å². The quantitative estimate of drug-likeness (QED) is 0.820. The van der Waals surface area contributed by atoms with Crippen molar-refractivity contribution in [3.63, 3.8) is 0 Å². The van der Waals surface area contributed by atoms with E-state index in [4.69, 9.17) is 0 Å². The average molecular weight is 264 g/mol. The Balaban J connectivity index is 1.58. The summed E-state index contributed by atoms with van der Waals surface area (Å²) in [4.78, 5) is 2.80. The van der Waals surface area contributed by atoms with Crippen LogP contribution in [-0.2, 0) is 0 Å². The van der Waals surface area contributed by atoms with Crippen molar-refractivity contribution in [1.82, 2.24) is 10.2 Å². The highest BCUT2D eigenvalue weighted by atomic mass is 15.2. The van der Waals surface area contributed by atoms with Crippen molar-refractivity contribution in [3.8, 4) is 0 Å². The lowest BCUT2D eigenvalue weighted by Gasteiger charge is -2.49. The summed E-state index contributed by atoms with van der Waals surface area (Å²) in [5.74, 6) is 0. The topological polar surface area (TPSA) is 15.3 Å². The summed E-state index contributed by atoms with van der Waals surface area (Å²) in [5, 5.41) is 3.87. The standard InChI is InChI=1S/C17H32N2/c1-16(8-4-2-5-9-16)14-19-13-12-18-17(15-19)10-6-3-7-11-17/h18H,2-15H2,1H3. The normalized spacial score (nSPS) is 31.4. The molecule has 1 saturated heterocycles. The average Bonchev–Trinajstić information content (AvgIpc) is 2.40. The lowest BCUT2D eigenvalue weighted by atomic mass is 9.74. The molecule has 0 aromatic heterocycles. The number of hydrogen-bond acceptors (Lipinski definition) is 2. The monoisotopic (exact) mass is 264 g/mol. The second kappa shape index (κ2) is 5.73. The molecule has 0 radical (unpaired) electrons. The molecule has 2 nitrogen and oxygen atoms in total. The summed E-state index contributed by atoms with van der Waals surface area (Å²) >= 11 is 0. The number of rotatable bonds is 2. The Morgan fingerprint density at radius 1 is 0.895 bits per heavy atom. The van der Waals surface area contributed by atoms with Crippen LogP contribution >= 0.6 is 0 Å². The molecule has 0 atom stereocenters. The van der Waals surface area contributed by atoms with Gasteiger partial charge in [-0.3, -0.25) is 4.90 Å². The van der Waals surface area contributed by atoms with Gasteiger partial charge in [-0.15, -0.1) is 0 Å². The van der Waals surface area contributed by atoms with Gasteiger partial charge in [-0.2, -0.15) is 0 Å². The van der Waals surface area contributed by atoms with E-state index >= 15 is 0 Å². The predicted octanol–water partition coefficient (Wildman–Crippen LogP) is 3.56. The Bertz CT molecular complexity index is 280. The SMILES string of the molecule is CC1(CN2CCNC3(CCCCC3)C2)CCCCC1. The molecular weight excluding hydrogens is 232 g/mol. The third-order valence-electron chi connectivity index (χ3n) is 5.93. The summed E-state index contributed by atoms with van der Waals surface area (Å²) in [7, 11) is 0. The van der Waals surface area contributed by atoms with Crippen molar-refractivity contribution in [1.29, 1.82) is 0 Å². The van der Waals surface area contributed by atoms with Gasteiger partial charge in [0.25, 0.3) is 0 Å². The fraction of sp³-hybridized carbons (Fsp3) is 1.00. The van der Waals surface area contributed by atoms with Crippen molar-refractivity contribution in [2.75, 3.05) is 26.2 Å². The Morgan fingerprint density at radius 2 is 1.53 bits per heavy atom. The second-order valence-corrected chi connectivity index (χ2v) is 7.85. The van der Waals surface area contributed by atoms with E-state index < -0.39 is 0 Å². The molecule has 0 amide bonds. The summed E-state index contributed by atoms with van der Waals surface area (Å²) in [6.07, 6.45) is 14.5. The lowest BCUT2D eigenvalue weighted by molar-refractivity contribution is 0.0524. The van der Waals surface area contributed by atoms with Gasteiger partial charge in [0.1, 0.15) is 0 Å². The van der Waals surface area contributed by atoms with Crippen LogP contribution in [0.5, 0.6) is 0 Å². The van der Waals surface area contributed by atoms with E-state index in [1.807, 2.05) is 0 Å². The maximum atomic E-state index is 3.87. The molecule has 3 rings (SSSR count). The summed E-state index contributed by atoms with van der Waals surface area (Å²) in [6.45, 7) is 7.72. The third kappa shape index (κ3) is 3.33. The predicted molar refractivity (Wildman–Crippen MR) is 81.5 cm³/mol. The first-order valence-electron chi connectivity index (χ1n) is 8.67. The van der Waals surface area contributed by atoms with E-state index in [1.54, 1.807) is 0 Å². The van der Waals surface area contributed by atoms with Crippen LogP contribution in [0.3, 0.4) is 0 Å². The molecule has 19 heavy (non-hydrogen) atoms. The molecule has 3 fully saturated rings. The van der Waals surface area contributed by atoms with Crippen LogP contribution in [0.1, 0.15) is 71.1 Å². The number of piperazine rings is 1. The number of nitrogens with zero attached hydrogens (tertiary/aromatic N) is 1. The maximum absolute atomic E-state index is 3.87. The smallest absolute Gasteiger partial charge is 0.0309 e. The van der Waals surface area contributed by atoms with E-state index in [1.165, 1.54) is 90.4 Å².